The summed E-state index contributed by atoms with van der Waals surface area (Å²) in [5, 5.41) is 10.2. The molecule has 2 aliphatic heterocycles. The Morgan fingerprint density at radius 2 is 1.79 bits per heavy atom. The minimum absolute atomic E-state index is 0.142. The Balaban J connectivity index is 1.67. The highest BCUT2D eigenvalue weighted by Crippen LogP contribution is 2.42. The second-order valence-electron chi connectivity index (χ2n) is 10.1. The second-order valence-corrected chi connectivity index (χ2v) is 11.3. The molecule has 0 spiro atoms. The number of hydrogen-bond donors (Lipinski definition) is 2. The van der Waals surface area contributed by atoms with Crippen LogP contribution < -0.4 is 5.73 Å². The van der Waals surface area contributed by atoms with Crippen molar-refractivity contribution >= 4 is 28.3 Å². The van der Waals surface area contributed by atoms with Gasteiger partial charge in [0.25, 0.3) is 0 Å². The van der Waals surface area contributed by atoms with Gasteiger partial charge in [-0.15, -0.1) is 4.28 Å². The van der Waals surface area contributed by atoms with Crippen molar-refractivity contribution in [2.45, 2.75) is 59.0 Å². The van der Waals surface area contributed by atoms with Crippen LogP contribution in [0.2, 0.25) is 0 Å². The molecule has 0 saturated carbocycles. The molecule has 11 nitrogen and oxygen atoms in total. The lowest BCUT2D eigenvalue weighted by atomic mass is 9.65. The lowest BCUT2D eigenvalue weighted by Crippen LogP contribution is -2.47. The maximum Gasteiger partial charge on any atom is 0.421 e. The van der Waals surface area contributed by atoms with E-state index in [1.54, 1.807) is 18.2 Å². The van der Waals surface area contributed by atoms with Gasteiger partial charge in [0, 0.05) is 6.54 Å². The first-order chi connectivity index (χ1) is 15.7. The fourth-order valence-electron chi connectivity index (χ4n) is 4.16. The van der Waals surface area contributed by atoms with Crippen LogP contribution in [-0.2, 0) is 30.1 Å². The first-order valence-corrected chi connectivity index (χ1v) is 12.3. The van der Waals surface area contributed by atoms with Crippen LogP contribution in [0.5, 0.6) is 0 Å². The van der Waals surface area contributed by atoms with E-state index in [9.17, 15) is 27.9 Å². The van der Waals surface area contributed by atoms with Gasteiger partial charge in [0.2, 0.25) is 5.91 Å². The number of nitrogens with zero attached hydrogens (tertiary/aromatic N) is 2. The van der Waals surface area contributed by atoms with E-state index in [-0.39, 0.29) is 18.7 Å². The van der Waals surface area contributed by atoms with Crippen molar-refractivity contribution < 1.29 is 36.4 Å². The highest BCUT2D eigenvalue weighted by atomic mass is 32.3. The van der Waals surface area contributed by atoms with E-state index in [1.807, 2.05) is 27.7 Å². The third kappa shape index (κ3) is 5.18. The van der Waals surface area contributed by atoms with Crippen LogP contribution in [0, 0.1) is 10.8 Å². The van der Waals surface area contributed by atoms with Crippen LogP contribution in [0.25, 0.3) is 0 Å². The molecule has 2 aliphatic rings. The number of benzene rings is 1. The fourth-order valence-corrected chi connectivity index (χ4v) is 5.02. The zero-order chi connectivity index (χ0) is 25.5. The number of aromatic carboxylic acids is 1. The molecule has 0 aromatic heterocycles. The Labute approximate surface area is 199 Å². The number of carbonyl (C=O) groups excluding carboxylic acids is 2. The number of urea groups is 1. The van der Waals surface area contributed by atoms with Gasteiger partial charge in [-0.25, -0.2) is 13.8 Å². The molecule has 188 valence electrons. The molecule has 2 heterocycles. The van der Waals surface area contributed by atoms with Gasteiger partial charge in [0.05, 0.1) is 18.2 Å². The summed E-state index contributed by atoms with van der Waals surface area (Å²) in [6.45, 7) is 7.28. The average Bonchev–Trinajstić information content (AvgIpc) is 2.96. The van der Waals surface area contributed by atoms with E-state index >= 15 is 0 Å². The van der Waals surface area contributed by atoms with E-state index in [2.05, 4.69) is 0 Å². The topological polar surface area (TPSA) is 157 Å². The van der Waals surface area contributed by atoms with Crippen LogP contribution in [0.15, 0.2) is 24.3 Å². The normalized spacial score (nSPS) is 21.1. The number of rotatable bonds is 10. The monoisotopic (exact) mass is 497 g/mol. The van der Waals surface area contributed by atoms with Gasteiger partial charge in [0.15, 0.2) is 0 Å². The molecule has 3 amide bonds. The Hall–Kier alpha value is -2.70. The maximum atomic E-state index is 12.6. The second kappa shape index (κ2) is 9.16. The number of hydroxylamine groups is 2. The molecule has 3 rings (SSSR count). The molecule has 0 unspecified atom stereocenters. The van der Waals surface area contributed by atoms with E-state index < -0.39 is 51.2 Å². The van der Waals surface area contributed by atoms with Crippen molar-refractivity contribution in [3.8, 4) is 0 Å². The lowest BCUT2D eigenvalue weighted by Gasteiger charge is -2.41. The van der Waals surface area contributed by atoms with Gasteiger partial charge in [0.1, 0.15) is 6.04 Å². The van der Waals surface area contributed by atoms with Crippen molar-refractivity contribution in [3.05, 3.63) is 35.4 Å². The number of amides is 3. The molecule has 2 fully saturated rings. The summed E-state index contributed by atoms with van der Waals surface area (Å²) < 4.78 is 35.3. The lowest BCUT2D eigenvalue weighted by molar-refractivity contribution is -0.122. The van der Waals surface area contributed by atoms with Crippen LogP contribution >= 0.6 is 0 Å². The molecular weight excluding hydrogens is 466 g/mol. The quantitative estimate of drug-likeness (QED) is 0.496. The number of nitrogens with two attached hydrogens (primary N) is 1. The predicted octanol–water partition coefficient (Wildman–Crippen LogP) is 1.93. The Morgan fingerprint density at radius 1 is 1.15 bits per heavy atom. The molecule has 2 bridgehead atoms. The average molecular weight is 498 g/mol. The molecular formula is C22H31N3O8S. The van der Waals surface area contributed by atoms with E-state index in [4.69, 9.17) is 14.2 Å². The molecule has 0 aliphatic carbocycles. The molecule has 1 aromatic rings. The van der Waals surface area contributed by atoms with E-state index in [0.717, 1.165) is 5.06 Å². The summed E-state index contributed by atoms with van der Waals surface area (Å²) in [5.74, 6) is -1.69. The van der Waals surface area contributed by atoms with Crippen molar-refractivity contribution in [2.24, 2.45) is 16.6 Å². The zero-order valence-corrected chi connectivity index (χ0v) is 20.5. The van der Waals surface area contributed by atoms with Gasteiger partial charge < -0.3 is 15.7 Å². The first kappa shape index (κ1) is 25.9. The summed E-state index contributed by atoms with van der Waals surface area (Å²) in [7, 11) is -4.59. The third-order valence-electron chi connectivity index (χ3n) is 7.10. The van der Waals surface area contributed by atoms with Crippen LogP contribution in [-0.4, -0.2) is 66.6 Å². The Kier molecular flexibility index (Phi) is 6.98. The van der Waals surface area contributed by atoms with E-state index in [1.165, 1.54) is 11.0 Å². The molecule has 12 heteroatoms. The van der Waals surface area contributed by atoms with Gasteiger partial charge in [-0.3, -0.25) is 4.79 Å². The predicted molar refractivity (Wildman–Crippen MR) is 121 cm³/mol. The Bertz CT molecular complexity index is 1090. The van der Waals surface area contributed by atoms with Gasteiger partial charge in [-0.2, -0.15) is 13.5 Å². The van der Waals surface area contributed by atoms with Gasteiger partial charge >= 0.3 is 22.4 Å². The van der Waals surface area contributed by atoms with Gasteiger partial charge in [-0.1, -0.05) is 45.9 Å². The smallest absolute Gasteiger partial charge is 0.421 e. The minimum atomic E-state index is -4.59. The number of carboxylic acid groups (broad SMARTS) is 1. The molecule has 2 atom stereocenters. The van der Waals surface area contributed by atoms with Crippen LogP contribution in [0.1, 0.15) is 56.5 Å². The summed E-state index contributed by atoms with van der Waals surface area (Å²) in [6, 6.07) is 4.58. The number of carbonyl (C=O) groups is 3. The number of fused-ring (bicyclic) bond motifs is 2. The fraction of sp³-hybridized carbons (Fsp3) is 0.591. The summed E-state index contributed by atoms with van der Waals surface area (Å²) in [4.78, 5) is 36.9. The highest BCUT2D eigenvalue weighted by molar-refractivity contribution is 7.81. The molecule has 0 radical (unpaired) electrons. The highest BCUT2D eigenvalue weighted by Gasteiger charge is 2.49. The number of carboxylic acids is 1. The number of piperidine rings is 1. The van der Waals surface area contributed by atoms with Gasteiger partial charge in [-0.05, 0) is 41.7 Å². The number of primary amides is 1. The van der Waals surface area contributed by atoms with Crippen molar-refractivity contribution in [2.75, 3.05) is 13.2 Å². The van der Waals surface area contributed by atoms with Crippen molar-refractivity contribution in [3.63, 3.8) is 0 Å². The summed E-state index contributed by atoms with van der Waals surface area (Å²) in [5.41, 5.74) is 4.84. The standard InChI is InChI=1S/C22H31N3O8S/c1-21(2,11-14-7-5-6-8-16(14)19(27)28)22(3,4)13-32-34(30,31)33-25-15-9-10-17(18(23)26)24(12-15)20(25)29/h5-8,15,17H,9-13H2,1-4H3,(H2,23,26)(H,27,28)/t15-,17+/m1/s1. The van der Waals surface area contributed by atoms with E-state index in [0.29, 0.717) is 24.8 Å². The van der Waals surface area contributed by atoms with Crippen LogP contribution in [0.4, 0.5) is 4.79 Å². The SMILES string of the molecule is CC(C)(COS(=O)(=O)ON1C(=O)N2C[C@H]1CC[C@H]2C(N)=O)C(C)(C)Cc1ccccc1C(=O)O. The summed E-state index contributed by atoms with van der Waals surface area (Å²) >= 11 is 0. The first-order valence-electron chi connectivity index (χ1n) is 10.9. The molecule has 3 N–H and O–H groups in total. The van der Waals surface area contributed by atoms with Crippen LogP contribution in [0.3, 0.4) is 0 Å². The number of hydrogen-bond acceptors (Lipinski definition) is 7. The van der Waals surface area contributed by atoms with Crippen molar-refractivity contribution in [1.82, 2.24) is 9.96 Å². The molecule has 34 heavy (non-hydrogen) atoms. The molecule has 2 saturated heterocycles. The maximum absolute atomic E-state index is 12.6. The zero-order valence-electron chi connectivity index (χ0n) is 19.7. The molecule has 1 aromatic carbocycles. The largest absolute Gasteiger partial charge is 0.478 e. The summed E-state index contributed by atoms with van der Waals surface area (Å²) in [6.07, 6.45) is 1.06. The minimum Gasteiger partial charge on any atom is -0.478 e. The van der Waals surface area contributed by atoms with Crippen molar-refractivity contribution in [1.29, 1.82) is 0 Å². The third-order valence-corrected chi connectivity index (χ3v) is 7.85. The Morgan fingerprint density at radius 3 is 2.41 bits per heavy atom.